The van der Waals surface area contributed by atoms with Gasteiger partial charge in [-0.15, -0.1) is 11.6 Å². The van der Waals surface area contributed by atoms with Gasteiger partial charge >= 0.3 is 0 Å². The minimum Gasteiger partial charge on any atom is -0.269 e. The maximum absolute atomic E-state index is 12.6. The molecule has 6 heteroatoms. The molecule has 0 aromatic heterocycles. The second-order valence-electron chi connectivity index (χ2n) is 4.21. The fourth-order valence-corrected chi connectivity index (χ4v) is 4.21. The first kappa shape index (κ1) is 15.4. The molecule has 106 valence electrons. The van der Waals surface area contributed by atoms with E-state index in [2.05, 4.69) is 15.9 Å². The zero-order valence-corrected chi connectivity index (χ0v) is 13.9. The Morgan fingerprint density at radius 3 is 2.35 bits per heavy atom. The topological polar surface area (TPSA) is 37.4 Å². The monoisotopic (exact) mass is 373 g/mol. The molecule has 0 unspecified atom stereocenters. The second kappa shape index (κ2) is 6.16. The van der Waals surface area contributed by atoms with Crippen LogP contribution in [-0.2, 0) is 15.9 Å². The van der Waals surface area contributed by atoms with Crippen LogP contribution in [0.3, 0.4) is 0 Å². The normalized spacial score (nSPS) is 11.3. The van der Waals surface area contributed by atoms with Crippen molar-refractivity contribution in [3.05, 3.63) is 58.6 Å². The van der Waals surface area contributed by atoms with Crippen LogP contribution in [0.1, 0.15) is 5.56 Å². The predicted molar refractivity (Wildman–Crippen MR) is 85.7 cm³/mol. The molecule has 2 aromatic carbocycles. The Bertz CT molecular complexity index is 704. The molecular weight excluding hydrogens is 362 g/mol. The zero-order chi connectivity index (χ0) is 14.8. The molecule has 20 heavy (non-hydrogen) atoms. The number of sulfonamides is 1. The van der Waals surface area contributed by atoms with E-state index in [4.69, 9.17) is 11.6 Å². The van der Waals surface area contributed by atoms with Crippen molar-refractivity contribution in [1.29, 1.82) is 0 Å². The van der Waals surface area contributed by atoms with Crippen molar-refractivity contribution in [1.82, 2.24) is 0 Å². The maximum Gasteiger partial charge on any atom is 0.265 e. The van der Waals surface area contributed by atoms with Crippen molar-refractivity contribution in [2.45, 2.75) is 10.8 Å². The third-order valence-electron chi connectivity index (χ3n) is 2.91. The Balaban J connectivity index is 2.45. The van der Waals surface area contributed by atoms with E-state index >= 15 is 0 Å². The van der Waals surface area contributed by atoms with E-state index in [-0.39, 0.29) is 4.90 Å². The van der Waals surface area contributed by atoms with Gasteiger partial charge < -0.3 is 0 Å². The van der Waals surface area contributed by atoms with Crippen LogP contribution >= 0.6 is 27.5 Å². The van der Waals surface area contributed by atoms with Crippen LogP contribution in [0.15, 0.2) is 57.9 Å². The molecule has 0 amide bonds. The summed E-state index contributed by atoms with van der Waals surface area (Å²) in [6, 6.07) is 13.9. The summed E-state index contributed by atoms with van der Waals surface area (Å²) in [6.07, 6.45) is 0. The highest BCUT2D eigenvalue weighted by Crippen LogP contribution is 2.28. The molecule has 0 heterocycles. The zero-order valence-electron chi connectivity index (χ0n) is 10.8. The van der Waals surface area contributed by atoms with Gasteiger partial charge in [-0.25, -0.2) is 8.42 Å². The lowest BCUT2D eigenvalue weighted by molar-refractivity contribution is 0.594. The molecule has 0 radical (unpaired) electrons. The van der Waals surface area contributed by atoms with Crippen molar-refractivity contribution in [3.63, 3.8) is 0 Å². The number of rotatable bonds is 4. The van der Waals surface area contributed by atoms with Gasteiger partial charge in [0.1, 0.15) is 4.90 Å². The molecule has 2 aromatic rings. The quantitative estimate of drug-likeness (QED) is 0.758. The van der Waals surface area contributed by atoms with Crippen LogP contribution in [0.2, 0.25) is 0 Å². The van der Waals surface area contributed by atoms with Crippen LogP contribution in [0, 0.1) is 0 Å². The average Bonchev–Trinajstić information content (AvgIpc) is 2.46. The van der Waals surface area contributed by atoms with Crippen LogP contribution in [0.5, 0.6) is 0 Å². The maximum atomic E-state index is 12.6. The van der Waals surface area contributed by atoms with E-state index < -0.39 is 10.0 Å². The lowest BCUT2D eigenvalue weighted by Gasteiger charge is -2.20. The van der Waals surface area contributed by atoms with Crippen molar-refractivity contribution < 1.29 is 8.42 Å². The summed E-state index contributed by atoms with van der Waals surface area (Å²) in [5.74, 6) is 0.341. The highest BCUT2D eigenvalue weighted by molar-refractivity contribution is 9.10. The molecule has 0 atom stereocenters. The summed E-state index contributed by atoms with van der Waals surface area (Å²) in [6.45, 7) is 0. The molecule has 0 aliphatic rings. The molecule has 3 nitrogen and oxygen atoms in total. The summed E-state index contributed by atoms with van der Waals surface area (Å²) >= 11 is 9.04. The highest BCUT2D eigenvalue weighted by atomic mass is 79.9. The molecule has 0 spiro atoms. The molecular formula is C14H13BrClNO2S. The Morgan fingerprint density at radius 2 is 1.80 bits per heavy atom. The number of anilines is 1. The molecule has 0 saturated carbocycles. The van der Waals surface area contributed by atoms with Gasteiger partial charge in [0.05, 0.1) is 5.69 Å². The number of benzene rings is 2. The summed E-state index contributed by atoms with van der Waals surface area (Å²) in [4.78, 5) is 0.220. The fourth-order valence-electron chi connectivity index (χ4n) is 1.76. The molecule has 0 N–H and O–H groups in total. The van der Waals surface area contributed by atoms with Crippen molar-refractivity contribution >= 4 is 43.2 Å². The van der Waals surface area contributed by atoms with E-state index in [1.807, 2.05) is 6.07 Å². The molecule has 0 aliphatic heterocycles. The van der Waals surface area contributed by atoms with Crippen molar-refractivity contribution in [2.75, 3.05) is 11.4 Å². The van der Waals surface area contributed by atoms with E-state index in [1.165, 1.54) is 11.4 Å². The number of hydrogen-bond acceptors (Lipinski definition) is 2. The van der Waals surface area contributed by atoms with Gasteiger partial charge in [0.25, 0.3) is 10.0 Å². The highest BCUT2D eigenvalue weighted by Gasteiger charge is 2.23. The van der Waals surface area contributed by atoms with Gasteiger partial charge in [0, 0.05) is 17.4 Å². The number of para-hydroxylation sites is 1. The van der Waals surface area contributed by atoms with Gasteiger partial charge in [0.2, 0.25) is 0 Å². The lowest BCUT2D eigenvalue weighted by atomic mass is 10.2. The molecule has 0 fully saturated rings. The van der Waals surface area contributed by atoms with Crippen molar-refractivity contribution in [3.8, 4) is 0 Å². The average molecular weight is 375 g/mol. The Labute approximate surface area is 132 Å². The number of halogens is 2. The summed E-state index contributed by atoms with van der Waals surface area (Å²) in [7, 11) is -2.07. The Hall–Kier alpha value is -1.04. The predicted octanol–water partition coefficient (Wildman–Crippen LogP) is 4.01. The molecule has 2 rings (SSSR count). The third kappa shape index (κ3) is 3.00. The SMILES string of the molecule is CN(c1ccccc1)S(=O)(=O)c1ccc(CCl)cc1Br. The van der Waals surface area contributed by atoms with Crippen molar-refractivity contribution in [2.24, 2.45) is 0 Å². The lowest BCUT2D eigenvalue weighted by Crippen LogP contribution is -2.26. The van der Waals surface area contributed by atoms with Gasteiger partial charge in [-0.1, -0.05) is 24.3 Å². The minimum atomic E-state index is -3.60. The molecule has 0 aliphatic carbocycles. The standard InChI is InChI=1S/C14H13BrClNO2S/c1-17(12-5-3-2-4-6-12)20(18,19)14-8-7-11(10-16)9-13(14)15/h2-9H,10H2,1H3. The van der Waals surface area contributed by atoms with Gasteiger partial charge in [-0.05, 0) is 45.8 Å². The van der Waals surface area contributed by atoms with E-state index in [1.54, 1.807) is 42.5 Å². The van der Waals surface area contributed by atoms with E-state index in [0.29, 0.717) is 16.0 Å². The number of nitrogens with zero attached hydrogens (tertiary/aromatic N) is 1. The molecule has 0 bridgehead atoms. The van der Waals surface area contributed by atoms with Gasteiger partial charge in [-0.3, -0.25) is 4.31 Å². The smallest absolute Gasteiger partial charge is 0.265 e. The second-order valence-corrected chi connectivity index (χ2v) is 7.27. The summed E-state index contributed by atoms with van der Waals surface area (Å²) in [5.41, 5.74) is 1.47. The summed E-state index contributed by atoms with van der Waals surface area (Å²) in [5, 5.41) is 0. The van der Waals surface area contributed by atoms with Crippen LogP contribution in [-0.4, -0.2) is 15.5 Å². The molecule has 0 saturated heterocycles. The Morgan fingerprint density at radius 1 is 1.15 bits per heavy atom. The largest absolute Gasteiger partial charge is 0.269 e. The third-order valence-corrected chi connectivity index (χ3v) is 5.98. The first-order valence-corrected chi connectivity index (χ1v) is 8.62. The number of hydrogen-bond donors (Lipinski definition) is 0. The van der Waals surface area contributed by atoms with Crippen LogP contribution in [0.4, 0.5) is 5.69 Å². The van der Waals surface area contributed by atoms with Crippen LogP contribution < -0.4 is 4.31 Å². The van der Waals surface area contributed by atoms with E-state index in [9.17, 15) is 8.42 Å². The van der Waals surface area contributed by atoms with Gasteiger partial charge in [-0.2, -0.15) is 0 Å². The minimum absolute atomic E-state index is 0.220. The van der Waals surface area contributed by atoms with E-state index in [0.717, 1.165) is 5.56 Å². The number of alkyl halides is 1. The van der Waals surface area contributed by atoms with Crippen LogP contribution in [0.25, 0.3) is 0 Å². The Kier molecular flexibility index (Phi) is 4.73. The van der Waals surface area contributed by atoms with Gasteiger partial charge in [0.15, 0.2) is 0 Å². The first-order chi connectivity index (χ1) is 9.46. The fraction of sp³-hybridized carbons (Fsp3) is 0.143. The summed E-state index contributed by atoms with van der Waals surface area (Å²) < 4.78 is 27.0. The first-order valence-electron chi connectivity index (χ1n) is 5.85.